The molecule has 1 saturated carbocycles. The molecule has 4 nitrogen and oxygen atoms in total. The lowest BCUT2D eigenvalue weighted by Crippen LogP contribution is -2.53. The molecule has 1 amide bonds. The maximum absolute atomic E-state index is 12.3. The highest BCUT2D eigenvalue weighted by atomic mass is 16.5. The molecule has 1 aromatic rings. The van der Waals surface area contributed by atoms with E-state index in [1.165, 1.54) is 5.56 Å². The molecular weight excluding hydrogens is 252 g/mol. The third kappa shape index (κ3) is 3.51. The summed E-state index contributed by atoms with van der Waals surface area (Å²) in [5, 5.41) is 0. The Kier molecular flexibility index (Phi) is 4.65. The number of carbonyl (C=O) groups is 1. The highest BCUT2D eigenvalue weighted by Crippen LogP contribution is 2.28. The minimum atomic E-state index is -0.641. The van der Waals surface area contributed by atoms with Gasteiger partial charge in [-0.05, 0) is 37.5 Å². The zero-order valence-corrected chi connectivity index (χ0v) is 12.4. The summed E-state index contributed by atoms with van der Waals surface area (Å²) in [6.07, 6.45) is 3.70. The average molecular weight is 276 g/mol. The van der Waals surface area contributed by atoms with Gasteiger partial charge in [-0.2, -0.15) is 0 Å². The lowest BCUT2D eigenvalue weighted by Gasteiger charge is -2.28. The van der Waals surface area contributed by atoms with Crippen molar-refractivity contribution >= 4 is 5.91 Å². The van der Waals surface area contributed by atoms with E-state index in [1.54, 1.807) is 11.9 Å². The van der Waals surface area contributed by atoms with Gasteiger partial charge < -0.3 is 15.4 Å². The van der Waals surface area contributed by atoms with Crippen LogP contribution in [0.15, 0.2) is 24.3 Å². The molecule has 0 saturated heterocycles. The van der Waals surface area contributed by atoms with Gasteiger partial charge in [0.1, 0.15) is 12.4 Å². The Morgan fingerprint density at radius 2 is 2.10 bits per heavy atom. The third-order valence-electron chi connectivity index (χ3n) is 3.95. The van der Waals surface area contributed by atoms with E-state index in [-0.39, 0.29) is 5.91 Å². The first-order valence-electron chi connectivity index (χ1n) is 7.25. The molecule has 2 rings (SSSR count). The molecule has 0 unspecified atom stereocenters. The molecular formula is C16H24N2O2. The average Bonchev–Trinajstić information content (AvgIpc) is 2.86. The Hall–Kier alpha value is -1.55. The van der Waals surface area contributed by atoms with Gasteiger partial charge in [0.2, 0.25) is 5.91 Å². The predicted octanol–water partition coefficient (Wildman–Crippen LogP) is 2.10. The molecule has 4 heteroatoms. The zero-order chi connectivity index (χ0) is 14.6. The summed E-state index contributed by atoms with van der Waals surface area (Å²) in [4.78, 5) is 14.0. The van der Waals surface area contributed by atoms with Gasteiger partial charge in [-0.3, -0.25) is 4.79 Å². The first kappa shape index (κ1) is 14.9. The van der Waals surface area contributed by atoms with Crippen LogP contribution in [0.25, 0.3) is 0 Å². The largest absolute Gasteiger partial charge is 0.492 e. The summed E-state index contributed by atoms with van der Waals surface area (Å²) in [5.74, 6) is 0.886. The summed E-state index contributed by atoms with van der Waals surface area (Å²) in [5.41, 5.74) is 6.70. The fraction of sp³-hybridized carbons (Fsp3) is 0.562. The number of aryl methyl sites for hydroxylation is 1. The molecule has 1 fully saturated rings. The number of hydrogen-bond donors (Lipinski definition) is 1. The Bertz CT molecular complexity index is 467. The Labute approximate surface area is 120 Å². The van der Waals surface area contributed by atoms with Crippen LogP contribution in [0.3, 0.4) is 0 Å². The van der Waals surface area contributed by atoms with Crippen molar-refractivity contribution in [1.29, 1.82) is 0 Å². The van der Waals surface area contributed by atoms with Crippen LogP contribution < -0.4 is 10.5 Å². The predicted molar refractivity (Wildman–Crippen MR) is 79.7 cm³/mol. The van der Waals surface area contributed by atoms with Crippen molar-refractivity contribution in [2.45, 2.75) is 38.1 Å². The molecule has 1 aromatic carbocycles. The number of benzene rings is 1. The van der Waals surface area contributed by atoms with Crippen molar-refractivity contribution in [2.24, 2.45) is 5.73 Å². The van der Waals surface area contributed by atoms with E-state index in [0.29, 0.717) is 13.2 Å². The lowest BCUT2D eigenvalue weighted by molar-refractivity contribution is -0.135. The quantitative estimate of drug-likeness (QED) is 0.896. The van der Waals surface area contributed by atoms with Gasteiger partial charge in [0.15, 0.2) is 0 Å². The first-order valence-corrected chi connectivity index (χ1v) is 7.25. The highest BCUT2D eigenvalue weighted by Gasteiger charge is 2.38. The van der Waals surface area contributed by atoms with Gasteiger partial charge in [-0.15, -0.1) is 0 Å². The van der Waals surface area contributed by atoms with Crippen LogP contribution in [0.5, 0.6) is 5.75 Å². The van der Waals surface area contributed by atoms with Crippen LogP contribution in [-0.4, -0.2) is 36.5 Å². The summed E-state index contributed by atoms with van der Waals surface area (Å²) in [7, 11) is 1.80. The topological polar surface area (TPSA) is 55.6 Å². The second kappa shape index (κ2) is 6.27. The standard InChI is InChI=1S/C16H24N2O2/c1-13-6-5-7-14(12-13)20-11-10-18(2)15(19)16(17)8-3-4-9-16/h5-7,12H,3-4,8-11,17H2,1-2H3. The second-order valence-electron chi connectivity index (χ2n) is 5.75. The van der Waals surface area contributed by atoms with Crippen molar-refractivity contribution in [2.75, 3.05) is 20.2 Å². The molecule has 1 aliphatic carbocycles. The molecule has 0 radical (unpaired) electrons. The van der Waals surface area contributed by atoms with E-state index < -0.39 is 5.54 Å². The molecule has 0 atom stereocenters. The molecule has 20 heavy (non-hydrogen) atoms. The van der Waals surface area contributed by atoms with E-state index >= 15 is 0 Å². The van der Waals surface area contributed by atoms with E-state index in [0.717, 1.165) is 31.4 Å². The molecule has 0 aromatic heterocycles. The van der Waals surface area contributed by atoms with Gasteiger partial charge in [-0.1, -0.05) is 25.0 Å². The van der Waals surface area contributed by atoms with Gasteiger partial charge >= 0.3 is 0 Å². The minimum Gasteiger partial charge on any atom is -0.492 e. The van der Waals surface area contributed by atoms with Crippen molar-refractivity contribution in [3.8, 4) is 5.75 Å². The molecule has 2 N–H and O–H groups in total. The van der Waals surface area contributed by atoms with Crippen LogP contribution in [0, 0.1) is 6.92 Å². The van der Waals surface area contributed by atoms with E-state index in [2.05, 4.69) is 0 Å². The van der Waals surface area contributed by atoms with Crippen LogP contribution in [0.1, 0.15) is 31.2 Å². The lowest BCUT2D eigenvalue weighted by atomic mass is 9.97. The number of rotatable bonds is 5. The van der Waals surface area contributed by atoms with Crippen LogP contribution in [0.2, 0.25) is 0 Å². The van der Waals surface area contributed by atoms with Gasteiger partial charge in [0.05, 0.1) is 12.1 Å². The smallest absolute Gasteiger partial charge is 0.242 e. The van der Waals surface area contributed by atoms with Gasteiger partial charge in [0, 0.05) is 7.05 Å². The van der Waals surface area contributed by atoms with E-state index in [9.17, 15) is 4.79 Å². The molecule has 0 heterocycles. The number of amides is 1. The monoisotopic (exact) mass is 276 g/mol. The van der Waals surface area contributed by atoms with Crippen molar-refractivity contribution in [3.05, 3.63) is 29.8 Å². The number of hydrogen-bond acceptors (Lipinski definition) is 3. The van der Waals surface area contributed by atoms with Crippen molar-refractivity contribution in [1.82, 2.24) is 4.90 Å². The normalized spacial score (nSPS) is 16.9. The molecule has 0 spiro atoms. The fourth-order valence-corrected chi connectivity index (χ4v) is 2.71. The SMILES string of the molecule is Cc1cccc(OCCN(C)C(=O)C2(N)CCCC2)c1. The molecule has 1 aliphatic rings. The number of carbonyl (C=O) groups excluding carboxylic acids is 1. The van der Waals surface area contributed by atoms with Crippen molar-refractivity contribution in [3.63, 3.8) is 0 Å². The van der Waals surface area contributed by atoms with Gasteiger partial charge in [-0.25, -0.2) is 0 Å². The number of ether oxygens (including phenoxy) is 1. The molecule has 110 valence electrons. The van der Waals surface area contributed by atoms with Gasteiger partial charge in [0.25, 0.3) is 0 Å². The number of likely N-dealkylation sites (N-methyl/N-ethyl adjacent to an activating group) is 1. The summed E-state index contributed by atoms with van der Waals surface area (Å²) in [6, 6.07) is 7.91. The highest BCUT2D eigenvalue weighted by molar-refractivity contribution is 5.86. The Balaban J connectivity index is 1.80. The third-order valence-corrected chi connectivity index (χ3v) is 3.95. The zero-order valence-electron chi connectivity index (χ0n) is 12.4. The second-order valence-corrected chi connectivity index (χ2v) is 5.75. The Morgan fingerprint density at radius 3 is 2.75 bits per heavy atom. The van der Waals surface area contributed by atoms with Crippen LogP contribution in [-0.2, 0) is 4.79 Å². The van der Waals surface area contributed by atoms with Crippen LogP contribution >= 0.6 is 0 Å². The minimum absolute atomic E-state index is 0.0443. The maximum atomic E-state index is 12.3. The fourth-order valence-electron chi connectivity index (χ4n) is 2.71. The van der Waals surface area contributed by atoms with Crippen molar-refractivity contribution < 1.29 is 9.53 Å². The molecule has 0 bridgehead atoms. The summed E-state index contributed by atoms with van der Waals surface area (Å²) in [6.45, 7) is 3.08. The Morgan fingerprint density at radius 1 is 1.40 bits per heavy atom. The van der Waals surface area contributed by atoms with Crippen LogP contribution in [0.4, 0.5) is 0 Å². The van der Waals surface area contributed by atoms with E-state index in [4.69, 9.17) is 10.5 Å². The summed E-state index contributed by atoms with van der Waals surface area (Å²) < 4.78 is 5.67. The molecule has 0 aliphatic heterocycles. The number of nitrogens with two attached hydrogens (primary N) is 1. The number of nitrogens with zero attached hydrogens (tertiary/aromatic N) is 1. The van der Waals surface area contributed by atoms with E-state index in [1.807, 2.05) is 31.2 Å². The summed E-state index contributed by atoms with van der Waals surface area (Å²) >= 11 is 0. The maximum Gasteiger partial charge on any atom is 0.242 e. The first-order chi connectivity index (χ1) is 9.51.